The van der Waals surface area contributed by atoms with Gasteiger partial charge in [-0.2, -0.15) is 13.2 Å². The first-order chi connectivity index (χ1) is 6.47. The molecule has 0 bridgehead atoms. The first-order valence-electron chi connectivity index (χ1n) is 4.22. The monoisotopic (exact) mass is 222 g/mol. The summed E-state index contributed by atoms with van der Waals surface area (Å²) in [7, 11) is 0. The number of hydrogen-bond donors (Lipinski definition) is 0. The van der Waals surface area contributed by atoms with Gasteiger partial charge in [-0.15, -0.1) is 11.6 Å². The summed E-state index contributed by atoms with van der Waals surface area (Å²) in [6.45, 7) is 0. The molecule has 0 aliphatic heterocycles. The molecule has 1 atom stereocenters. The molecule has 1 unspecified atom stereocenters. The van der Waals surface area contributed by atoms with E-state index in [1.54, 1.807) is 24.3 Å². The lowest BCUT2D eigenvalue weighted by atomic mass is 10.1. The van der Waals surface area contributed by atoms with E-state index in [-0.39, 0.29) is 6.42 Å². The number of hydrogen-bond acceptors (Lipinski definition) is 0. The highest BCUT2D eigenvalue weighted by molar-refractivity contribution is 6.20. The van der Waals surface area contributed by atoms with Gasteiger partial charge in [-0.25, -0.2) is 0 Å². The van der Waals surface area contributed by atoms with Crippen molar-refractivity contribution in [3.63, 3.8) is 0 Å². The number of benzene rings is 1. The van der Waals surface area contributed by atoms with Crippen molar-refractivity contribution in [1.29, 1.82) is 0 Å². The normalized spacial score (nSPS) is 14.0. The van der Waals surface area contributed by atoms with Crippen LogP contribution in [0.25, 0.3) is 0 Å². The zero-order valence-electron chi connectivity index (χ0n) is 7.39. The molecule has 4 heteroatoms. The molecule has 0 aliphatic carbocycles. The van der Waals surface area contributed by atoms with Crippen molar-refractivity contribution in [3.05, 3.63) is 35.9 Å². The second-order valence-corrected chi connectivity index (χ2v) is 3.72. The maximum Gasteiger partial charge on any atom is 0.390 e. The fraction of sp³-hybridized carbons (Fsp3) is 0.400. The van der Waals surface area contributed by atoms with E-state index in [0.717, 1.165) is 5.56 Å². The average Bonchev–Trinajstić information content (AvgIpc) is 2.02. The van der Waals surface area contributed by atoms with Crippen LogP contribution >= 0.6 is 11.6 Å². The summed E-state index contributed by atoms with van der Waals surface area (Å²) in [5.41, 5.74) is 0.830. The van der Waals surface area contributed by atoms with E-state index in [2.05, 4.69) is 0 Å². The number of halogens is 4. The van der Waals surface area contributed by atoms with Gasteiger partial charge in [0.25, 0.3) is 0 Å². The lowest BCUT2D eigenvalue weighted by Crippen LogP contribution is -2.16. The third-order valence-electron chi connectivity index (χ3n) is 1.75. The van der Waals surface area contributed by atoms with Gasteiger partial charge in [0.15, 0.2) is 0 Å². The van der Waals surface area contributed by atoms with Crippen molar-refractivity contribution in [3.8, 4) is 0 Å². The molecule has 0 amide bonds. The Kier molecular flexibility index (Phi) is 3.81. The van der Waals surface area contributed by atoms with E-state index in [9.17, 15) is 13.2 Å². The van der Waals surface area contributed by atoms with E-state index in [4.69, 9.17) is 11.6 Å². The van der Waals surface area contributed by atoms with Crippen LogP contribution in [0.5, 0.6) is 0 Å². The highest BCUT2D eigenvalue weighted by Gasteiger charge is 2.30. The number of alkyl halides is 4. The van der Waals surface area contributed by atoms with Crippen LogP contribution in [0.15, 0.2) is 30.3 Å². The van der Waals surface area contributed by atoms with E-state index < -0.39 is 18.0 Å². The highest BCUT2D eigenvalue weighted by atomic mass is 35.5. The molecule has 1 aromatic rings. The zero-order valence-corrected chi connectivity index (χ0v) is 8.15. The molecule has 0 saturated heterocycles. The second kappa shape index (κ2) is 4.69. The molecule has 78 valence electrons. The van der Waals surface area contributed by atoms with Crippen molar-refractivity contribution in [2.45, 2.75) is 24.4 Å². The fourth-order valence-electron chi connectivity index (χ4n) is 1.19. The van der Waals surface area contributed by atoms with Gasteiger partial charge in [0, 0.05) is 5.38 Å². The lowest BCUT2D eigenvalue weighted by Gasteiger charge is -2.11. The van der Waals surface area contributed by atoms with Crippen molar-refractivity contribution in [1.82, 2.24) is 0 Å². The molecule has 0 aliphatic rings. The molecule has 14 heavy (non-hydrogen) atoms. The first kappa shape index (κ1) is 11.4. The van der Waals surface area contributed by atoms with Gasteiger partial charge in [-0.1, -0.05) is 30.3 Å². The topological polar surface area (TPSA) is 0 Å². The summed E-state index contributed by atoms with van der Waals surface area (Å²) < 4.78 is 35.8. The maximum atomic E-state index is 11.9. The summed E-state index contributed by atoms with van der Waals surface area (Å²) in [5.74, 6) is 0. The van der Waals surface area contributed by atoms with Gasteiger partial charge in [-0.3, -0.25) is 0 Å². The molecule has 1 rings (SSSR count). The predicted octanol–water partition coefficient (Wildman–Crippen LogP) is 3.79. The molecule has 0 spiro atoms. The highest BCUT2D eigenvalue weighted by Crippen LogP contribution is 2.25. The van der Waals surface area contributed by atoms with E-state index in [1.165, 1.54) is 0 Å². The fourth-order valence-corrected chi connectivity index (χ4v) is 1.55. The minimum Gasteiger partial charge on any atom is -0.171 e. The molecule has 0 saturated carbocycles. The van der Waals surface area contributed by atoms with Gasteiger partial charge in [-0.05, 0) is 12.0 Å². The molecule has 0 radical (unpaired) electrons. The zero-order chi connectivity index (χ0) is 10.6. The summed E-state index contributed by atoms with van der Waals surface area (Å²) in [5, 5.41) is -0.877. The Morgan fingerprint density at radius 2 is 1.71 bits per heavy atom. The van der Waals surface area contributed by atoms with Crippen LogP contribution in [-0.2, 0) is 6.42 Å². The Labute approximate surface area is 85.7 Å². The van der Waals surface area contributed by atoms with Crippen LogP contribution in [0, 0.1) is 0 Å². The van der Waals surface area contributed by atoms with Crippen molar-refractivity contribution in [2.24, 2.45) is 0 Å². The van der Waals surface area contributed by atoms with Crippen LogP contribution < -0.4 is 0 Å². The van der Waals surface area contributed by atoms with Gasteiger partial charge < -0.3 is 0 Å². The second-order valence-electron chi connectivity index (χ2n) is 3.11. The Balaban J connectivity index is 2.46. The quantitative estimate of drug-likeness (QED) is 0.683. The molecule has 0 aromatic heterocycles. The van der Waals surface area contributed by atoms with Crippen LogP contribution in [0.3, 0.4) is 0 Å². The Bertz CT molecular complexity index is 268. The predicted molar refractivity (Wildman–Crippen MR) is 50.5 cm³/mol. The lowest BCUT2D eigenvalue weighted by molar-refractivity contribution is -0.134. The van der Waals surface area contributed by atoms with E-state index in [1.807, 2.05) is 6.07 Å². The average molecular weight is 223 g/mol. The SMILES string of the molecule is FC(F)(F)CC(Cl)Cc1ccccc1. The minimum absolute atomic E-state index is 0.252. The van der Waals surface area contributed by atoms with Crippen LogP contribution in [0.2, 0.25) is 0 Å². The van der Waals surface area contributed by atoms with Gasteiger partial charge in [0.1, 0.15) is 0 Å². The van der Waals surface area contributed by atoms with Crippen molar-refractivity contribution < 1.29 is 13.2 Å². The summed E-state index contributed by atoms with van der Waals surface area (Å²) in [6, 6.07) is 8.92. The van der Waals surface area contributed by atoms with Crippen LogP contribution in [-0.4, -0.2) is 11.6 Å². The Morgan fingerprint density at radius 3 is 2.21 bits per heavy atom. The Morgan fingerprint density at radius 1 is 1.14 bits per heavy atom. The Hall–Kier alpha value is -0.700. The van der Waals surface area contributed by atoms with Crippen molar-refractivity contribution in [2.75, 3.05) is 0 Å². The molecular weight excluding hydrogens is 213 g/mol. The maximum absolute atomic E-state index is 11.9. The van der Waals surface area contributed by atoms with Crippen LogP contribution in [0.4, 0.5) is 13.2 Å². The van der Waals surface area contributed by atoms with Gasteiger partial charge in [0.05, 0.1) is 6.42 Å². The molecule has 0 nitrogen and oxygen atoms in total. The third-order valence-corrected chi connectivity index (χ3v) is 2.06. The standard InChI is InChI=1S/C10H10ClF3/c11-9(7-10(12,13)14)6-8-4-2-1-3-5-8/h1-5,9H,6-7H2. The molecule has 0 heterocycles. The van der Waals surface area contributed by atoms with Gasteiger partial charge in [0.2, 0.25) is 0 Å². The summed E-state index contributed by atoms with van der Waals surface area (Å²) in [6.07, 6.45) is -4.87. The third kappa shape index (κ3) is 4.51. The van der Waals surface area contributed by atoms with Gasteiger partial charge >= 0.3 is 6.18 Å². The molecular formula is C10H10ClF3. The molecule has 0 fully saturated rings. The number of rotatable bonds is 3. The van der Waals surface area contributed by atoms with Crippen molar-refractivity contribution >= 4 is 11.6 Å². The summed E-state index contributed by atoms with van der Waals surface area (Å²) in [4.78, 5) is 0. The summed E-state index contributed by atoms with van der Waals surface area (Å²) >= 11 is 5.58. The largest absolute Gasteiger partial charge is 0.390 e. The van der Waals surface area contributed by atoms with E-state index in [0.29, 0.717) is 0 Å². The smallest absolute Gasteiger partial charge is 0.171 e. The molecule has 1 aromatic carbocycles. The van der Waals surface area contributed by atoms with Crippen LogP contribution in [0.1, 0.15) is 12.0 Å². The minimum atomic E-state index is -4.18. The molecule has 0 N–H and O–H groups in total. The van der Waals surface area contributed by atoms with E-state index >= 15 is 0 Å². The first-order valence-corrected chi connectivity index (χ1v) is 4.66.